The molecule has 0 saturated carbocycles. The van der Waals surface area contributed by atoms with E-state index in [-0.39, 0.29) is 0 Å². The first kappa shape index (κ1) is 12.8. The Hall–Kier alpha value is -1.28. The zero-order valence-corrected chi connectivity index (χ0v) is 10.4. The molecule has 0 atom stereocenters. The molecule has 16 heavy (non-hydrogen) atoms. The van der Waals surface area contributed by atoms with Crippen LogP contribution in [-0.4, -0.2) is 11.6 Å². The zero-order chi connectivity index (χ0) is 12.2. The molecule has 3 heteroatoms. The minimum absolute atomic E-state index is 0.384. The Morgan fingerprint density at radius 3 is 2.31 bits per heavy atom. The average molecular weight is 239 g/mol. The Labute approximate surface area is 101 Å². The van der Waals surface area contributed by atoms with Gasteiger partial charge in [0.15, 0.2) is 0 Å². The van der Waals surface area contributed by atoms with E-state index in [4.69, 9.17) is 16.3 Å². The van der Waals surface area contributed by atoms with Crippen LogP contribution in [0.3, 0.4) is 0 Å². The monoisotopic (exact) mass is 238 g/mol. The van der Waals surface area contributed by atoms with Crippen molar-refractivity contribution in [2.45, 2.75) is 26.4 Å². The minimum atomic E-state index is -0.499. The van der Waals surface area contributed by atoms with E-state index >= 15 is 0 Å². The Bertz CT molecular complexity index is 388. The summed E-state index contributed by atoms with van der Waals surface area (Å²) in [4.78, 5) is 11.5. The molecule has 0 aromatic heterocycles. The number of hydrogen-bond donors (Lipinski definition) is 0. The molecule has 0 N–H and O–H groups in total. The third-order valence-corrected chi connectivity index (χ3v) is 2.03. The van der Waals surface area contributed by atoms with Gasteiger partial charge in [-0.1, -0.05) is 41.9 Å². The Morgan fingerprint density at radius 2 is 1.81 bits per heavy atom. The highest BCUT2D eigenvalue weighted by molar-refractivity contribution is 6.50. The molecule has 86 valence electrons. The molecular weight excluding hydrogens is 224 g/mol. The van der Waals surface area contributed by atoms with Crippen molar-refractivity contribution in [3.63, 3.8) is 0 Å². The van der Waals surface area contributed by atoms with E-state index in [0.29, 0.717) is 5.03 Å². The van der Waals surface area contributed by atoms with E-state index in [9.17, 15) is 4.79 Å². The highest BCUT2D eigenvalue weighted by atomic mass is 35.5. The molecule has 0 aliphatic carbocycles. The zero-order valence-electron chi connectivity index (χ0n) is 9.66. The number of hydrogen-bond acceptors (Lipinski definition) is 2. The Kier molecular flexibility index (Phi) is 4.13. The van der Waals surface area contributed by atoms with Gasteiger partial charge in [-0.15, -0.1) is 0 Å². The van der Waals surface area contributed by atoms with E-state index in [1.807, 2.05) is 51.1 Å². The molecule has 0 amide bonds. The van der Waals surface area contributed by atoms with E-state index in [1.165, 1.54) is 6.08 Å². The maximum Gasteiger partial charge on any atom is 0.332 e. The van der Waals surface area contributed by atoms with Crippen molar-refractivity contribution >= 4 is 22.6 Å². The van der Waals surface area contributed by atoms with Crippen molar-refractivity contribution in [3.8, 4) is 0 Å². The standard InChI is InChI=1S/C13H15ClO2/c1-13(2,3)16-12(15)9-11(14)10-7-5-4-6-8-10/h4-9H,1-3H3/b11-9-. The van der Waals surface area contributed by atoms with Gasteiger partial charge in [-0.05, 0) is 26.3 Å². The summed E-state index contributed by atoms with van der Waals surface area (Å²) in [6.07, 6.45) is 1.29. The van der Waals surface area contributed by atoms with E-state index in [2.05, 4.69) is 0 Å². The van der Waals surface area contributed by atoms with Crippen LogP contribution in [-0.2, 0) is 9.53 Å². The number of carbonyl (C=O) groups excluding carboxylic acids is 1. The van der Waals surface area contributed by atoms with Gasteiger partial charge < -0.3 is 4.74 Å². The Morgan fingerprint density at radius 1 is 1.25 bits per heavy atom. The van der Waals surface area contributed by atoms with Crippen molar-refractivity contribution in [2.75, 3.05) is 0 Å². The first-order chi connectivity index (χ1) is 7.38. The summed E-state index contributed by atoms with van der Waals surface area (Å²) in [5.74, 6) is -0.429. The SMILES string of the molecule is CC(C)(C)OC(=O)/C=C(\Cl)c1ccccc1. The van der Waals surface area contributed by atoms with Crippen LogP contribution in [0, 0.1) is 0 Å². The molecule has 0 heterocycles. The van der Waals surface area contributed by atoms with Crippen LogP contribution in [0.5, 0.6) is 0 Å². The van der Waals surface area contributed by atoms with Gasteiger partial charge in [0, 0.05) is 6.08 Å². The highest BCUT2D eigenvalue weighted by Crippen LogP contribution is 2.19. The van der Waals surface area contributed by atoms with Crippen molar-refractivity contribution in [2.24, 2.45) is 0 Å². The van der Waals surface area contributed by atoms with Crippen LogP contribution < -0.4 is 0 Å². The summed E-state index contributed by atoms with van der Waals surface area (Å²) in [6.45, 7) is 5.44. The fraction of sp³-hybridized carbons (Fsp3) is 0.308. The van der Waals surface area contributed by atoms with Crippen LogP contribution in [0.1, 0.15) is 26.3 Å². The predicted octanol–water partition coefficient (Wildman–Crippen LogP) is 3.61. The number of rotatable bonds is 2. The molecular formula is C13H15ClO2. The topological polar surface area (TPSA) is 26.3 Å². The molecule has 0 aliphatic heterocycles. The van der Waals surface area contributed by atoms with E-state index in [1.54, 1.807) is 0 Å². The van der Waals surface area contributed by atoms with Gasteiger partial charge in [0.25, 0.3) is 0 Å². The number of benzene rings is 1. The van der Waals surface area contributed by atoms with Crippen LogP contribution in [0.4, 0.5) is 0 Å². The van der Waals surface area contributed by atoms with Crippen LogP contribution >= 0.6 is 11.6 Å². The van der Waals surface area contributed by atoms with Crippen LogP contribution in [0.15, 0.2) is 36.4 Å². The average Bonchev–Trinajstić information content (AvgIpc) is 2.16. The number of halogens is 1. The molecule has 0 saturated heterocycles. The van der Waals surface area contributed by atoms with Crippen LogP contribution in [0.25, 0.3) is 5.03 Å². The smallest absolute Gasteiger partial charge is 0.332 e. The molecule has 1 rings (SSSR count). The summed E-state index contributed by atoms with van der Waals surface area (Å²) < 4.78 is 5.13. The molecule has 0 aliphatic rings. The molecule has 1 aromatic rings. The molecule has 0 spiro atoms. The number of esters is 1. The molecule has 0 fully saturated rings. The largest absolute Gasteiger partial charge is 0.457 e. The van der Waals surface area contributed by atoms with Crippen molar-refractivity contribution in [1.29, 1.82) is 0 Å². The third kappa shape index (κ3) is 4.49. The second kappa shape index (κ2) is 5.17. The molecule has 0 radical (unpaired) electrons. The second-order valence-electron chi connectivity index (χ2n) is 4.39. The van der Waals surface area contributed by atoms with Crippen molar-refractivity contribution in [1.82, 2.24) is 0 Å². The lowest BCUT2D eigenvalue weighted by atomic mass is 10.2. The molecule has 0 bridgehead atoms. The quantitative estimate of drug-likeness (QED) is 0.581. The summed E-state index contributed by atoms with van der Waals surface area (Å²) >= 11 is 5.99. The fourth-order valence-corrected chi connectivity index (χ4v) is 1.33. The van der Waals surface area contributed by atoms with Gasteiger partial charge in [0.1, 0.15) is 5.60 Å². The maximum atomic E-state index is 11.5. The highest BCUT2D eigenvalue weighted by Gasteiger charge is 2.15. The second-order valence-corrected chi connectivity index (χ2v) is 4.80. The molecule has 2 nitrogen and oxygen atoms in total. The summed E-state index contributed by atoms with van der Waals surface area (Å²) in [5.41, 5.74) is 0.302. The van der Waals surface area contributed by atoms with Gasteiger partial charge in [-0.3, -0.25) is 0 Å². The maximum absolute atomic E-state index is 11.5. The number of carbonyl (C=O) groups is 1. The van der Waals surface area contributed by atoms with Gasteiger partial charge >= 0.3 is 5.97 Å². The van der Waals surface area contributed by atoms with Gasteiger partial charge in [0.2, 0.25) is 0 Å². The van der Waals surface area contributed by atoms with Crippen LogP contribution in [0.2, 0.25) is 0 Å². The van der Waals surface area contributed by atoms with Gasteiger partial charge in [-0.25, -0.2) is 4.79 Å². The predicted molar refractivity (Wildman–Crippen MR) is 66.1 cm³/mol. The van der Waals surface area contributed by atoms with Gasteiger partial charge in [-0.2, -0.15) is 0 Å². The summed E-state index contributed by atoms with van der Waals surface area (Å²) in [6, 6.07) is 9.29. The van der Waals surface area contributed by atoms with E-state index in [0.717, 1.165) is 5.56 Å². The van der Waals surface area contributed by atoms with Crippen molar-refractivity contribution < 1.29 is 9.53 Å². The Balaban J connectivity index is 2.75. The summed E-state index contributed by atoms with van der Waals surface area (Å²) in [5, 5.41) is 0.384. The number of ether oxygens (including phenoxy) is 1. The lowest BCUT2D eigenvalue weighted by Crippen LogP contribution is -2.22. The third-order valence-electron chi connectivity index (χ3n) is 1.70. The first-order valence-corrected chi connectivity index (χ1v) is 5.42. The van der Waals surface area contributed by atoms with Gasteiger partial charge in [0.05, 0.1) is 5.03 Å². The molecule has 1 aromatic carbocycles. The lowest BCUT2D eigenvalue weighted by Gasteiger charge is -2.18. The minimum Gasteiger partial charge on any atom is -0.457 e. The lowest BCUT2D eigenvalue weighted by molar-refractivity contribution is -0.148. The molecule has 0 unspecified atom stereocenters. The summed E-state index contributed by atoms with van der Waals surface area (Å²) in [7, 11) is 0. The fourth-order valence-electron chi connectivity index (χ4n) is 1.12. The van der Waals surface area contributed by atoms with Crippen molar-refractivity contribution in [3.05, 3.63) is 42.0 Å². The van der Waals surface area contributed by atoms with E-state index < -0.39 is 11.6 Å². The normalized spacial score (nSPS) is 12.4. The first-order valence-electron chi connectivity index (χ1n) is 5.04.